The summed E-state index contributed by atoms with van der Waals surface area (Å²) in [6, 6.07) is 0.271. The van der Waals surface area contributed by atoms with Gasteiger partial charge in [-0.3, -0.25) is 0 Å². The van der Waals surface area contributed by atoms with Crippen molar-refractivity contribution >= 4 is 11.8 Å². The fourth-order valence-electron chi connectivity index (χ4n) is 1.09. The molecule has 0 aromatic carbocycles. The van der Waals surface area contributed by atoms with E-state index >= 15 is 0 Å². The summed E-state index contributed by atoms with van der Waals surface area (Å²) in [6.07, 6.45) is 2.95. The topological polar surface area (TPSA) is 64.9 Å². The van der Waals surface area contributed by atoms with Crippen molar-refractivity contribution in [1.82, 2.24) is 10.1 Å². The summed E-state index contributed by atoms with van der Waals surface area (Å²) >= 11 is 1.75. The highest BCUT2D eigenvalue weighted by molar-refractivity contribution is 7.98. The summed E-state index contributed by atoms with van der Waals surface area (Å²) in [5.74, 6) is 3.24. The molecule has 0 amide bonds. The molecule has 15 heavy (non-hydrogen) atoms. The number of nitrogens with two attached hydrogens (primary N) is 1. The lowest BCUT2D eigenvalue weighted by molar-refractivity contribution is 0.384. The Hall–Kier alpha value is -0.550. The van der Waals surface area contributed by atoms with Crippen LogP contribution in [0, 0.1) is 0 Å². The molecular formula is C10H19N3OS. The lowest BCUT2D eigenvalue weighted by atomic mass is 10.3. The number of thioether (sulfide) groups is 1. The van der Waals surface area contributed by atoms with Gasteiger partial charge in [-0.05, 0) is 12.8 Å². The second-order valence-electron chi connectivity index (χ2n) is 3.54. The molecule has 0 aliphatic carbocycles. The minimum absolute atomic E-state index is 0.271. The molecule has 0 fully saturated rings. The van der Waals surface area contributed by atoms with Crippen molar-refractivity contribution in [1.29, 1.82) is 0 Å². The Balaban J connectivity index is 2.25. The molecule has 0 spiro atoms. The number of hydrogen-bond acceptors (Lipinski definition) is 5. The number of rotatable bonds is 7. The monoisotopic (exact) mass is 229 g/mol. The summed E-state index contributed by atoms with van der Waals surface area (Å²) in [6.45, 7) is 4.20. The third-order valence-corrected chi connectivity index (χ3v) is 3.18. The van der Waals surface area contributed by atoms with Crippen molar-refractivity contribution < 1.29 is 4.52 Å². The van der Waals surface area contributed by atoms with Crippen LogP contribution in [0.1, 0.15) is 38.4 Å². The molecule has 0 saturated heterocycles. The van der Waals surface area contributed by atoms with Crippen molar-refractivity contribution in [3.8, 4) is 0 Å². The Bertz CT molecular complexity index is 277. The average molecular weight is 229 g/mol. The number of aromatic nitrogens is 2. The molecule has 0 bridgehead atoms. The minimum atomic E-state index is 0.271. The van der Waals surface area contributed by atoms with Gasteiger partial charge in [0.25, 0.3) is 0 Å². The Morgan fingerprint density at radius 3 is 2.93 bits per heavy atom. The third-order valence-electron chi connectivity index (χ3n) is 2.07. The number of hydrogen-bond donors (Lipinski definition) is 1. The lowest BCUT2D eigenvalue weighted by Gasteiger charge is -2.05. The van der Waals surface area contributed by atoms with Gasteiger partial charge in [-0.2, -0.15) is 16.7 Å². The quantitative estimate of drug-likeness (QED) is 0.774. The van der Waals surface area contributed by atoms with Crippen LogP contribution in [0.15, 0.2) is 4.52 Å². The van der Waals surface area contributed by atoms with Crippen LogP contribution in [-0.4, -0.2) is 21.9 Å². The zero-order valence-corrected chi connectivity index (χ0v) is 10.2. The summed E-state index contributed by atoms with van der Waals surface area (Å²) in [5, 5.41) is 3.89. The first kappa shape index (κ1) is 12.5. The average Bonchev–Trinajstić information content (AvgIpc) is 2.66. The smallest absolute Gasteiger partial charge is 0.236 e. The zero-order chi connectivity index (χ0) is 11.1. The molecule has 2 N–H and O–H groups in total. The van der Waals surface area contributed by atoms with Crippen molar-refractivity contribution in [3.05, 3.63) is 11.7 Å². The van der Waals surface area contributed by atoms with E-state index in [4.69, 9.17) is 10.3 Å². The van der Waals surface area contributed by atoms with E-state index in [-0.39, 0.29) is 6.04 Å². The van der Waals surface area contributed by atoms with E-state index in [1.807, 2.05) is 0 Å². The molecule has 86 valence electrons. The van der Waals surface area contributed by atoms with Gasteiger partial charge >= 0.3 is 0 Å². The predicted molar refractivity (Wildman–Crippen MR) is 62.7 cm³/mol. The second kappa shape index (κ2) is 6.85. The zero-order valence-electron chi connectivity index (χ0n) is 9.40. The van der Waals surface area contributed by atoms with Crippen LogP contribution in [0.5, 0.6) is 0 Å². The van der Waals surface area contributed by atoms with Crippen LogP contribution in [0.4, 0.5) is 0 Å². The summed E-state index contributed by atoms with van der Waals surface area (Å²) in [4.78, 5) is 4.28. The highest BCUT2D eigenvalue weighted by Crippen LogP contribution is 2.12. The molecule has 0 aliphatic rings. The minimum Gasteiger partial charge on any atom is -0.338 e. The molecule has 1 rings (SSSR count). The Morgan fingerprint density at radius 1 is 1.47 bits per heavy atom. The van der Waals surface area contributed by atoms with Gasteiger partial charge in [0.05, 0.1) is 5.75 Å². The first-order chi connectivity index (χ1) is 7.26. The third kappa shape index (κ3) is 4.66. The van der Waals surface area contributed by atoms with Gasteiger partial charge in [0.15, 0.2) is 5.82 Å². The molecule has 1 unspecified atom stereocenters. The van der Waals surface area contributed by atoms with Gasteiger partial charge < -0.3 is 10.3 Å². The normalized spacial score (nSPS) is 13.0. The fraction of sp³-hybridized carbons (Fsp3) is 0.800. The number of aryl methyl sites for hydroxylation is 1. The molecule has 0 aliphatic heterocycles. The maximum absolute atomic E-state index is 5.80. The fourth-order valence-corrected chi connectivity index (χ4v) is 2.04. The molecule has 4 nitrogen and oxygen atoms in total. The van der Waals surface area contributed by atoms with Crippen LogP contribution in [0.25, 0.3) is 0 Å². The lowest BCUT2D eigenvalue weighted by Crippen LogP contribution is -2.21. The van der Waals surface area contributed by atoms with Crippen LogP contribution >= 0.6 is 11.8 Å². The molecule has 0 saturated carbocycles. The summed E-state index contributed by atoms with van der Waals surface area (Å²) < 4.78 is 5.11. The van der Waals surface area contributed by atoms with Gasteiger partial charge in [-0.25, -0.2) is 0 Å². The molecule has 5 heteroatoms. The highest BCUT2D eigenvalue weighted by Gasteiger charge is 2.06. The first-order valence-corrected chi connectivity index (χ1v) is 6.56. The van der Waals surface area contributed by atoms with Gasteiger partial charge in [0.2, 0.25) is 5.89 Å². The van der Waals surface area contributed by atoms with Gasteiger partial charge in [0, 0.05) is 18.2 Å². The largest absolute Gasteiger partial charge is 0.338 e. The van der Waals surface area contributed by atoms with E-state index in [9.17, 15) is 0 Å². The molecule has 1 atom stereocenters. The van der Waals surface area contributed by atoms with E-state index in [0.717, 1.165) is 36.6 Å². The second-order valence-corrected chi connectivity index (χ2v) is 4.57. The van der Waals surface area contributed by atoms with Crippen molar-refractivity contribution in [3.63, 3.8) is 0 Å². The van der Waals surface area contributed by atoms with Gasteiger partial charge in [-0.1, -0.05) is 19.0 Å². The SMILES string of the molecule is CCCc1noc(CSCC(N)CC)n1. The van der Waals surface area contributed by atoms with Gasteiger partial charge in [-0.15, -0.1) is 0 Å². The predicted octanol–water partition coefficient (Wildman–Crippen LogP) is 1.99. The van der Waals surface area contributed by atoms with Crippen molar-refractivity contribution in [2.45, 2.75) is 44.9 Å². The van der Waals surface area contributed by atoms with Crippen molar-refractivity contribution in [2.75, 3.05) is 5.75 Å². The summed E-state index contributed by atoms with van der Waals surface area (Å²) in [7, 11) is 0. The maximum Gasteiger partial charge on any atom is 0.236 e. The van der Waals surface area contributed by atoms with Crippen LogP contribution in [-0.2, 0) is 12.2 Å². The molecule has 1 aromatic heterocycles. The van der Waals surface area contributed by atoms with E-state index in [1.165, 1.54) is 0 Å². The van der Waals surface area contributed by atoms with Gasteiger partial charge in [0.1, 0.15) is 0 Å². The van der Waals surface area contributed by atoms with E-state index < -0.39 is 0 Å². The molecular weight excluding hydrogens is 210 g/mol. The van der Waals surface area contributed by atoms with E-state index in [0.29, 0.717) is 5.89 Å². The van der Waals surface area contributed by atoms with Crippen LogP contribution < -0.4 is 5.73 Å². The highest BCUT2D eigenvalue weighted by atomic mass is 32.2. The maximum atomic E-state index is 5.80. The number of nitrogens with zero attached hydrogens (tertiary/aromatic N) is 2. The Morgan fingerprint density at radius 2 is 2.27 bits per heavy atom. The van der Waals surface area contributed by atoms with Crippen LogP contribution in [0.2, 0.25) is 0 Å². The van der Waals surface area contributed by atoms with Crippen LogP contribution in [0.3, 0.4) is 0 Å². The molecule has 1 heterocycles. The Kier molecular flexibility index (Phi) is 5.71. The summed E-state index contributed by atoms with van der Waals surface area (Å²) in [5.41, 5.74) is 5.80. The van der Waals surface area contributed by atoms with E-state index in [2.05, 4.69) is 24.0 Å². The molecule has 0 radical (unpaired) electrons. The Labute approximate surface area is 95.0 Å². The van der Waals surface area contributed by atoms with E-state index in [1.54, 1.807) is 11.8 Å². The molecule has 1 aromatic rings. The van der Waals surface area contributed by atoms with Crippen molar-refractivity contribution in [2.24, 2.45) is 5.73 Å². The standard InChI is InChI=1S/C10H19N3OS/c1-3-5-9-12-10(14-13-9)7-15-6-8(11)4-2/h8H,3-7,11H2,1-2H3. The first-order valence-electron chi connectivity index (χ1n) is 5.41.